The predicted octanol–water partition coefficient (Wildman–Crippen LogP) is 4.27. The quantitative estimate of drug-likeness (QED) is 0.781. The Morgan fingerprint density at radius 3 is 2.56 bits per heavy atom. The molecule has 2 nitrogen and oxygen atoms in total. The van der Waals surface area contributed by atoms with Crippen LogP contribution >= 0.6 is 27.5 Å². The predicted molar refractivity (Wildman–Crippen MR) is 80.4 cm³/mol. The van der Waals surface area contributed by atoms with Gasteiger partial charge in [0.15, 0.2) is 0 Å². The number of halogens is 2. The van der Waals surface area contributed by atoms with Gasteiger partial charge in [-0.25, -0.2) is 0 Å². The molecule has 1 heterocycles. The van der Waals surface area contributed by atoms with Gasteiger partial charge >= 0.3 is 0 Å². The van der Waals surface area contributed by atoms with E-state index in [-0.39, 0.29) is 0 Å². The van der Waals surface area contributed by atoms with E-state index in [4.69, 9.17) is 11.6 Å². The lowest BCUT2D eigenvalue weighted by molar-refractivity contribution is 0.919. The van der Waals surface area contributed by atoms with Crippen LogP contribution in [0, 0.1) is 0 Å². The van der Waals surface area contributed by atoms with E-state index in [2.05, 4.69) is 45.0 Å². The molecule has 0 aliphatic carbocycles. The number of hydrogen-bond acceptors (Lipinski definition) is 2. The van der Waals surface area contributed by atoms with Gasteiger partial charge in [-0.2, -0.15) is 0 Å². The highest BCUT2D eigenvalue weighted by molar-refractivity contribution is 9.08. The second-order valence-electron chi connectivity index (χ2n) is 4.12. The Labute approximate surface area is 121 Å². The molecule has 0 aliphatic heterocycles. The molecular formula is C14H14BrClN2. The van der Waals surface area contributed by atoms with Crippen molar-refractivity contribution in [3.8, 4) is 0 Å². The van der Waals surface area contributed by atoms with E-state index >= 15 is 0 Å². The molecule has 0 bridgehead atoms. The van der Waals surface area contributed by atoms with E-state index in [1.54, 1.807) is 0 Å². The number of pyridine rings is 1. The highest BCUT2D eigenvalue weighted by atomic mass is 79.9. The zero-order valence-electron chi connectivity index (χ0n) is 10.1. The highest BCUT2D eigenvalue weighted by Gasteiger charge is 2.05. The second-order valence-corrected chi connectivity index (χ2v) is 5.09. The van der Waals surface area contributed by atoms with E-state index < -0.39 is 0 Å². The molecule has 0 spiro atoms. The lowest BCUT2D eigenvalue weighted by atomic mass is 10.2. The zero-order chi connectivity index (χ0) is 13.0. The molecule has 0 saturated heterocycles. The van der Waals surface area contributed by atoms with Crippen molar-refractivity contribution in [2.75, 3.05) is 11.9 Å². The van der Waals surface area contributed by atoms with Gasteiger partial charge < -0.3 is 4.90 Å². The van der Waals surface area contributed by atoms with Gasteiger partial charge in [0.1, 0.15) is 0 Å². The Kier molecular flexibility index (Phi) is 4.61. The number of benzene rings is 1. The van der Waals surface area contributed by atoms with E-state index in [0.717, 1.165) is 28.1 Å². The highest BCUT2D eigenvalue weighted by Crippen LogP contribution is 2.25. The molecule has 18 heavy (non-hydrogen) atoms. The third kappa shape index (κ3) is 3.24. The van der Waals surface area contributed by atoms with Crippen molar-refractivity contribution < 1.29 is 0 Å². The maximum absolute atomic E-state index is 6.21. The van der Waals surface area contributed by atoms with Crippen LogP contribution < -0.4 is 4.90 Å². The van der Waals surface area contributed by atoms with Crippen LogP contribution in [0.5, 0.6) is 0 Å². The smallest absolute Gasteiger partial charge is 0.0467 e. The van der Waals surface area contributed by atoms with Crippen LogP contribution in [0.25, 0.3) is 0 Å². The third-order valence-corrected chi connectivity index (χ3v) is 3.75. The molecule has 2 aromatic rings. The largest absolute Gasteiger partial charge is 0.370 e. The summed E-state index contributed by atoms with van der Waals surface area (Å²) in [5, 5.41) is 1.58. The molecule has 0 atom stereocenters. The first-order valence-electron chi connectivity index (χ1n) is 5.65. The summed E-state index contributed by atoms with van der Waals surface area (Å²) in [5.74, 6) is 0. The molecule has 94 valence electrons. The molecule has 0 N–H and O–H groups in total. The van der Waals surface area contributed by atoms with Gasteiger partial charge in [0.05, 0.1) is 0 Å². The number of rotatable bonds is 4. The summed E-state index contributed by atoms with van der Waals surface area (Å²) in [4.78, 5) is 6.18. The Balaban J connectivity index is 2.14. The molecular weight excluding hydrogens is 312 g/mol. The Hall–Kier alpha value is -1.06. The van der Waals surface area contributed by atoms with Crippen LogP contribution in [0.2, 0.25) is 5.02 Å². The Morgan fingerprint density at radius 1 is 1.22 bits per heavy atom. The van der Waals surface area contributed by atoms with Gasteiger partial charge in [0.25, 0.3) is 0 Å². The fraction of sp³-hybridized carbons (Fsp3) is 0.214. The minimum atomic E-state index is 0.778. The molecule has 0 amide bonds. The van der Waals surface area contributed by atoms with E-state index in [1.165, 1.54) is 5.56 Å². The monoisotopic (exact) mass is 324 g/mol. The van der Waals surface area contributed by atoms with Crippen molar-refractivity contribution in [1.82, 2.24) is 4.98 Å². The third-order valence-electron chi connectivity index (χ3n) is 2.79. The summed E-state index contributed by atoms with van der Waals surface area (Å²) in [7, 11) is 2.06. The second kappa shape index (κ2) is 6.21. The van der Waals surface area contributed by atoms with Gasteiger partial charge in [0.2, 0.25) is 0 Å². The molecule has 0 saturated carbocycles. The van der Waals surface area contributed by atoms with Crippen LogP contribution in [0.3, 0.4) is 0 Å². The van der Waals surface area contributed by atoms with Crippen LogP contribution in [-0.4, -0.2) is 12.0 Å². The van der Waals surface area contributed by atoms with Crippen molar-refractivity contribution in [2.45, 2.75) is 11.9 Å². The molecule has 1 aromatic carbocycles. The summed E-state index contributed by atoms with van der Waals surface area (Å²) in [6.07, 6.45) is 3.62. The normalized spacial score (nSPS) is 10.4. The molecule has 0 radical (unpaired) electrons. The van der Waals surface area contributed by atoms with Crippen LogP contribution in [0.4, 0.5) is 5.69 Å². The topological polar surface area (TPSA) is 16.1 Å². The number of hydrogen-bond donors (Lipinski definition) is 0. The number of alkyl halides is 1. The van der Waals surface area contributed by atoms with E-state index in [0.29, 0.717) is 0 Å². The minimum Gasteiger partial charge on any atom is -0.370 e. The lowest BCUT2D eigenvalue weighted by Crippen LogP contribution is -2.16. The minimum absolute atomic E-state index is 0.778. The van der Waals surface area contributed by atoms with Gasteiger partial charge in [-0.1, -0.05) is 33.6 Å². The van der Waals surface area contributed by atoms with E-state index in [9.17, 15) is 0 Å². The Morgan fingerprint density at radius 2 is 1.94 bits per heavy atom. The average Bonchev–Trinajstić information content (AvgIpc) is 2.39. The first-order valence-corrected chi connectivity index (χ1v) is 7.15. The van der Waals surface area contributed by atoms with Gasteiger partial charge in [0, 0.05) is 42.0 Å². The van der Waals surface area contributed by atoms with Gasteiger partial charge in [-0.15, -0.1) is 0 Å². The van der Waals surface area contributed by atoms with Gasteiger partial charge in [-0.3, -0.25) is 4.98 Å². The molecule has 0 fully saturated rings. The maximum Gasteiger partial charge on any atom is 0.0467 e. The first-order chi connectivity index (χ1) is 8.70. The summed E-state index contributed by atoms with van der Waals surface area (Å²) >= 11 is 9.63. The Bertz CT molecular complexity index is 516. The summed E-state index contributed by atoms with van der Waals surface area (Å²) in [6, 6.07) is 10.2. The fourth-order valence-corrected chi connectivity index (χ4v) is 2.63. The van der Waals surface area contributed by atoms with Crippen molar-refractivity contribution >= 4 is 33.2 Å². The van der Waals surface area contributed by atoms with Crippen molar-refractivity contribution in [2.24, 2.45) is 0 Å². The number of nitrogens with zero attached hydrogens (tertiary/aromatic N) is 2. The van der Waals surface area contributed by atoms with Crippen molar-refractivity contribution in [3.05, 3.63) is 58.9 Å². The summed E-state index contributed by atoms with van der Waals surface area (Å²) in [6.45, 7) is 0.840. The average molecular weight is 326 g/mol. The lowest BCUT2D eigenvalue weighted by Gasteiger charge is -2.20. The van der Waals surface area contributed by atoms with E-state index in [1.807, 2.05) is 30.6 Å². The molecule has 0 aliphatic rings. The SMILES string of the molecule is CN(Cc1ccncc1)c1ccc(CBr)c(Cl)c1. The molecule has 4 heteroatoms. The summed E-state index contributed by atoms with van der Waals surface area (Å²) < 4.78 is 0. The van der Waals surface area contributed by atoms with Gasteiger partial charge in [-0.05, 0) is 35.4 Å². The van der Waals surface area contributed by atoms with Crippen LogP contribution in [-0.2, 0) is 11.9 Å². The fourth-order valence-electron chi connectivity index (χ4n) is 1.74. The zero-order valence-corrected chi connectivity index (χ0v) is 12.4. The number of anilines is 1. The van der Waals surface area contributed by atoms with Crippen molar-refractivity contribution in [1.29, 1.82) is 0 Å². The molecule has 0 unspecified atom stereocenters. The maximum atomic E-state index is 6.21. The van der Waals surface area contributed by atoms with Crippen LogP contribution in [0.15, 0.2) is 42.7 Å². The standard InChI is InChI=1S/C14H14BrClN2/c1-18(10-11-4-6-17-7-5-11)13-3-2-12(9-15)14(16)8-13/h2-8H,9-10H2,1H3. The number of aromatic nitrogens is 1. The molecule has 1 aromatic heterocycles. The summed E-state index contributed by atoms with van der Waals surface area (Å²) in [5.41, 5.74) is 3.45. The van der Waals surface area contributed by atoms with Crippen molar-refractivity contribution in [3.63, 3.8) is 0 Å². The molecule has 2 rings (SSSR count). The van der Waals surface area contributed by atoms with Crippen LogP contribution in [0.1, 0.15) is 11.1 Å². The first kappa shape index (κ1) is 13.4.